The van der Waals surface area contributed by atoms with Gasteiger partial charge in [-0.2, -0.15) is 0 Å². The van der Waals surface area contributed by atoms with Gasteiger partial charge in [0.25, 0.3) is 0 Å². The molecule has 0 aromatic heterocycles. The first-order valence-corrected chi connectivity index (χ1v) is 8.93. The number of anilines is 1. The number of rotatable bonds is 2. The van der Waals surface area contributed by atoms with Crippen molar-refractivity contribution < 1.29 is 14.3 Å². The van der Waals surface area contributed by atoms with Crippen LogP contribution < -0.4 is 14.8 Å². The number of ether oxygens (including phenoxy) is 2. The van der Waals surface area contributed by atoms with Crippen LogP contribution in [0, 0.1) is 5.92 Å². The summed E-state index contributed by atoms with van der Waals surface area (Å²) in [5, 5.41) is 3.03. The SMILES string of the molecule is CSc1cc2c(cc1NC(=O)N1CCC[C@@H](C)C1)OCCO2. The van der Waals surface area contributed by atoms with Gasteiger partial charge in [-0.1, -0.05) is 6.92 Å². The molecule has 0 spiro atoms. The molecule has 2 aliphatic rings. The highest BCUT2D eigenvalue weighted by Gasteiger charge is 2.23. The van der Waals surface area contributed by atoms with Crippen LogP contribution in [0.25, 0.3) is 0 Å². The molecule has 5 nitrogen and oxygen atoms in total. The van der Waals surface area contributed by atoms with E-state index < -0.39 is 0 Å². The molecular weight excluding hydrogens is 300 g/mol. The molecule has 2 heterocycles. The maximum atomic E-state index is 12.5. The molecule has 0 saturated carbocycles. The second-order valence-corrected chi connectivity index (χ2v) is 6.67. The molecule has 0 aliphatic carbocycles. The van der Waals surface area contributed by atoms with Crippen LogP contribution in [0.2, 0.25) is 0 Å². The third-order valence-corrected chi connectivity index (χ3v) is 4.83. The van der Waals surface area contributed by atoms with Gasteiger partial charge in [-0.05, 0) is 31.1 Å². The summed E-state index contributed by atoms with van der Waals surface area (Å²) in [6, 6.07) is 3.78. The molecule has 6 heteroatoms. The third-order valence-electron chi connectivity index (χ3n) is 4.05. The summed E-state index contributed by atoms with van der Waals surface area (Å²) < 4.78 is 11.2. The van der Waals surface area contributed by atoms with Crippen molar-refractivity contribution in [2.45, 2.75) is 24.7 Å². The number of urea groups is 1. The molecule has 2 aliphatic heterocycles. The molecule has 0 bridgehead atoms. The number of nitrogens with zero attached hydrogens (tertiary/aromatic N) is 1. The Labute approximate surface area is 135 Å². The Hall–Kier alpha value is -1.56. The highest BCUT2D eigenvalue weighted by Crippen LogP contribution is 2.39. The van der Waals surface area contributed by atoms with Gasteiger partial charge >= 0.3 is 6.03 Å². The van der Waals surface area contributed by atoms with Crippen molar-refractivity contribution in [2.75, 3.05) is 37.9 Å². The molecule has 1 aromatic carbocycles. The summed E-state index contributed by atoms with van der Waals surface area (Å²) in [5.74, 6) is 2.02. The number of carbonyl (C=O) groups excluding carboxylic acids is 1. The standard InChI is InChI=1S/C16H22N2O3S/c1-11-4-3-5-18(10-11)16(19)17-12-8-13-14(9-15(12)22-2)21-7-6-20-13/h8-9,11H,3-7,10H2,1-2H3,(H,17,19)/t11-/m1/s1. The maximum Gasteiger partial charge on any atom is 0.321 e. The number of hydrogen-bond donors (Lipinski definition) is 1. The zero-order valence-electron chi connectivity index (χ0n) is 13.1. The van der Waals surface area contributed by atoms with Crippen molar-refractivity contribution in [2.24, 2.45) is 5.92 Å². The molecule has 1 saturated heterocycles. The van der Waals surface area contributed by atoms with Gasteiger partial charge in [0.05, 0.1) is 5.69 Å². The quantitative estimate of drug-likeness (QED) is 0.848. The van der Waals surface area contributed by atoms with E-state index in [0.717, 1.165) is 35.8 Å². The minimum absolute atomic E-state index is 0.0291. The van der Waals surface area contributed by atoms with E-state index in [1.807, 2.05) is 23.3 Å². The van der Waals surface area contributed by atoms with Crippen LogP contribution in [-0.4, -0.2) is 43.5 Å². The summed E-state index contributed by atoms with van der Waals surface area (Å²) in [6.07, 6.45) is 4.26. The number of nitrogens with one attached hydrogen (secondary N) is 1. The van der Waals surface area contributed by atoms with Gasteiger partial charge in [-0.15, -0.1) is 11.8 Å². The minimum atomic E-state index is -0.0291. The number of amides is 2. The highest BCUT2D eigenvalue weighted by atomic mass is 32.2. The molecular formula is C16H22N2O3S. The predicted octanol–water partition coefficient (Wildman–Crippen LogP) is 3.44. The first-order valence-electron chi connectivity index (χ1n) is 7.71. The Morgan fingerprint density at radius 3 is 2.73 bits per heavy atom. The zero-order valence-corrected chi connectivity index (χ0v) is 13.9. The van der Waals surface area contributed by atoms with E-state index in [2.05, 4.69) is 12.2 Å². The Morgan fingerprint density at radius 2 is 2.05 bits per heavy atom. The Morgan fingerprint density at radius 1 is 1.32 bits per heavy atom. The number of fused-ring (bicyclic) bond motifs is 1. The lowest BCUT2D eigenvalue weighted by Crippen LogP contribution is -2.41. The number of benzene rings is 1. The van der Waals surface area contributed by atoms with Gasteiger partial charge in [0, 0.05) is 24.1 Å². The van der Waals surface area contributed by atoms with Crippen LogP contribution >= 0.6 is 11.8 Å². The first kappa shape index (κ1) is 15.3. The maximum absolute atomic E-state index is 12.5. The van der Waals surface area contributed by atoms with Crippen LogP contribution in [0.4, 0.5) is 10.5 Å². The second kappa shape index (κ2) is 6.69. The average molecular weight is 322 g/mol. The van der Waals surface area contributed by atoms with E-state index in [0.29, 0.717) is 24.9 Å². The summed E-state index contributed by atoms with van der Waals surface area (Å²) in [7, 11) is 0. The lowest BCUT2D eigenvalue weighted by Gasteiger charge is -2.31. The minimum Gasteiger partial charge on any atom is -0.486 e. The average Bonchev–Trinajstić information content (AvgIpc) is 2.54. The molecule has 1 N–H and O–H groups in total. The van der Waals surface area contributed by atoms with E-state index in [-0.39, 0.29) is 6.03 Å². The summed E-state index contributed by atoms with van der Waals surface area (Å²) in [6.45, 7) is 4.96. The van der Waals surface area contributed by atoms with Crippen molar-refractivity contribution in [3.63, 3.8) is 0 Å². The smallest absolute Gasteiger partial charge is 0.321 e. The van der Waals surface area contributed by atoms with Gasteiger partial charge < -0.3 is 19.7 Å². The third kappa shape index (κ3) is 3.27. The fraction of sp³-hybridized carbons (Fsp3) is 0.562. The van der Waals surface area contributed by atoms with E-state index >= 15 is 0 Å². The number of likely N-dealkylation sites (tertiary alicyclic amines) is 1. The van der Waals surface area contributed by atoms with Crippen molar-refractivity contribution >= 4 is 23.5 Å². The predicted molar refractivity (Wildman–Crippen MR) is 88.2 cm³/mol. The fourth-order valence-corrected chi connectivity index (χ4v) is 3.46. The fourth-order valence-electron chi connectivity index (χ4n) is 2.90. The van der Waals surface area contributed by atoms with Gasteiger partial charge in [-0.25, -0.2) is 4.79 Å². The van der Waals surface area contributed by atoms with Crippen LogP contribution in [0.15, 0.2) is 17.0 Å². The highest BCUT2D eigenvalue weighted by molar-refractivity contribution is 7.98. The lowest BCUT2D eigenvalue weighted by molar-refractivity contribution is 0.171. The Kier molecular flexibility index (Phi) is 4.66. The molecule has 1 aromatic rings. The van der Waals surface area contributed by atoms with Gasteiger partial charge in [0.15, 0.2) is 11.5 Å². The van der Waals surface area contributed by atoms with E-state index in [1.54, 1.807) is 11.8 Å². The van der Waals surface area contributed by atoms with Crippen LogP contribution in [-0.2, 0) is 0 Å². The summed E-state index contributed by atoms with van der Waals surface area (Å²) in [5.41, 5.74) is 0.792. The molecule has 1 atom stereocenters. The Bertz CT molecular complexity index is 565. The molecule has 3 rings (SSSR count). The Balaban J connectivity index is 1.77. The van der Waals surface area contributed by atoms with E-state index in [1.165, 1.54) is 6.42 Å². The van der Waals surface area contributed by atoms with Crippen molar-refractivity contribution in [3.05, 3.63) is 12.1 Å². The van der Waals surface area contributed by atoms with Crippen molar-refractivity contribution in [1.82, 2.24) is 4.90 Å². The monoisotopic (exact) mass is 322 g/mol. The van der Waals surface area contributed by atoms with Crippen molar-refractivity contribution in [1.29, 1.82) is 0 Å². The summed E-state index contributed by atoms with van der Waals surface area (Å²) >= 11 is 1.59. The number of hydrogen-bond acceptors (Lipinski definition) is 4. The van der Waals surface area contributed by atoms with Crippen LogP contribution in [0.3, 0.4) is 0 Å². The van der Waals surface area contributed by atoms with Gasteiger partial charge in [0.2, 0.25) is 0 Å². The molecule has 22 heavy (non-hydrogen) atoms. The van der Waals surface area contributed by atoms with Crippen molar-refractivity contribution in [3.8, 4) is 11.5 Å². The van der Waals surface area contributed by atoms with Crippen LogP contribution in [0.1, 0.15) is 19.8 Å². The van der Waals surface area contributed by atoms with Gasteiger partial charge in [-0.3, -0.25) is 0 Å². The second-order valence-electron chi connectivity index (χ2n) is 5.82. The zero-order chi connectivity index (χ0) is 15.5. The molecule has 2 amide bonds. The topological polar surface area (TPSA) is 50.8 Å². The van der Waals surface area contributed by atoms with Gasteiger partial charge in [0.1, 0.15) is 13.2 Å². The number of thioether (sulfide) groups is 1. The van der Waals surface area contributed by atoms with E-state index in [9.17, 15) is 4.79 Å². The van der Waals surface area contributed by atoms with E-state index in [4.69, 9.17) is 9.47 Å². The normalized spacial score (nSPS) is 20.6. The molecule has 0 radical (unpaired) electrons. The first-order chi connectivity index (χ1) is 10.7. The number of piperidine rings is 1. The largest absolute Gasteiger partial charge is 0.486 e. The molecule has 120 valence electrons. The lowest BCUT2D eigenvalue weighted by atomic mass is 10.0. The summed E-state index contributed by atoms with van der Waals surface area (Å²) in [4.78, 5) is 15.4. The van der Waals surface area contributed by atoms with Crippen LogP contribution in [0.5, 0.6) is 11.5 Å². The number of carbonyl (C=O) groups is 1. The molecule has 0 unspecified atom stereocenters. The molecule has 1 fully saturated rings.